The molecule has 5 heterocycles. The van der Waals surface area contributed by atoms with Crippen LogP contribution in [0.25, 0.3) is 5.65 Å². The highest BCUT2D eigenvalue weighted by Crippen LogP contribution is 2.42. The minimum atomic E-state index is -4.44. The molecule has 2 N–H and O–H groups in total. The number of imidazole rings is 1. The molecule has 1 saturated carbocycles. The molecule has 274 valence electrons. The molecular formula is C33H44F5N9O3. The summed E-state index contributed by atoms with van der Waals surface area (Å²) in [6.45, 7) is 5.89. The molecule has 2 amide bonds. The van der Waals surface area contributed by atoms with Crippen molar-refractivity contribution in [1.29, 1.82) is 0 Å². The summed E-state index contributed by atoms with van der Waals surface area (Å²) in [5, 5.41) is 14.5. The van der Waals surface area contributed by atoms with Gasteiger partial charge in [0, 0.05) is 90.4 Å². The first-order valence-electron chi connectivity index (χ1n) is 17.3. The molecule has 0 aromatic carbocycles. The molecule has 3 aliphatic rings. The number of aromatic nitrogens is 5. The summed E-state index contributed by atoms with van der Waals surface area (Å²) in [4.78, 5) is 35.6. The number of piperidine rings is 1. The molecule has 0 spiro atoms. The standard InChI is InChI=1S/C33H44F5N9O3/c1-3-46-26(6-9-40-46)31(49)42-29(21-4-7-32(34,35)8-5-21)25-20-47-28(41-25)18-27(45-12-10-44(11-13-45)14-15-50-2)24(43-47)17-22-16-23(33(36,37)38)19-39-30(22)48/h6,9,18,20-23,29H,3-5,7-8,10-17,19H2,1-2H3,(H,39,48)(H,42,49). The second-order valence-electron chi connectivity index (χ2n) is 13.6. The number of methoxy groups -OCH3 is 1. The van der Waals surface area contributed by atoms with E-state index in [0.29, 0.717) is 54.7 Å². The maximum Gasteiger partial charge on any atom is 0.393 e. The van der Waals surface area contributed by atoms with Crippen LogP contribution in [0.4, 0.5) is 27.6 Å². The van der Waals surface area contributed by atoms with Gasteiger partial charge in [-0.1, -0.05) is 0 Å². The van der Waals surface area contributed by atoms with Crippen LogP contribution in [0.3, 0.4) is 0 Å². The molecule has 3 unspecified atom stereocenters. The third kappa shape index (κ3) is 8.03. The molecule has 3 aromatic rings. The number of rotatable bonds is 11. The molecule has 6 rings (SSSR count). The van der Waals surface area contributed by atoms with Crippen LogP contribution in [0.5, 0.6) is 0 Å². The molecule has 3 aromatic heterocycles. The molecule has 0 radical (unpaired) electrons. The summed E-state index contributed by atoms with van der Waals surface area (Å²) in [5.74, 6) is -6.56. The van der Waals surface area contributed by atoms with Crippen molar-refractivity contribution in [2.75, 3.05) is 57.9 Å². The average molecular weight is 710 g/mol. The number of amides is 2. The molecule has 12 nitrogen and oxygen atoms in total. The zero-order valence-corrected chi connectivity index (χ0v) is 28.3. The largest absolute Gasteiger partial charge is 0.393 e. The number of hydrogen-bond donors (Lipinski definition) is 2. The Morgan fingerprint density at radius 2 is 1.92 bits per heavy atom. The van der Waals surface area contributed by atoms with E-state index in [1.165, 1.54) is 10.7 Å². The van der Waals surface area contributed by atoms with E-state index in [0.717, 1.165) is 19.6 Å². The van der Waals surface area contributed by atoms with Crippen molar-refractivity contribution in [2.24, 2.45) is 17.8 Å². The molecular weight excluding hydrogens is 665 g/mol. The Morgan fingerprint density at radius 1 is 1.18 bits per heavy atom. The van der Waals surface area contributed by atoms with Gasteiger partial charge in [-0.25, -0.2) is 18.3 Å². The van der Waals surface area contributed by atoms with Gasteiger partial charge in [0.1, 0.15) is 5.69 Å². The highest BCUT2D eigenvalue weighted by Gasteiger charge is 2.45. The quantitative estimate of drug-likeness (QED) is 0.288. The summed E-state index contributed by atoms with van der Waals surface area (Å²) >= 11 is 0. The van der Waals surface area contributed by atoms with Gasteiger partial charge in [0.15, 0.2) is 5.65 Å². The second-order valence-corrected chi connectivity index (χ2v) is 13.6. The molecule has 2 saturated heterocycles. The van der Waals surface area contributed by atoms with Crippen LogP contribution < -0.4 is 15.5 Å². The van der Waals surface area contributed by atoms with Crippen molar-refractivity contribution in [3.8, 4) is 0 Å². The van der Waals surface area contributed by atoms with Crippen LogP contribution in [0.1, 0.15) is 66.9 Å². The lowest BCUT2D eigenvalue weighted by Crippen LogP contribution is -2.48. The summed E-state index contributed by atoms with van der Waals surface area (Å²) < 4.78 is 77.8. The highest BCUT2D eigenvalue weighted by atomic mass is 19.4. The number of nitrogens with zero attached hydrogens (tertiary/aromatic N) is 7. The number of hydrogen-bond acceptors (Lipinski definition) is 8. The zero-order chi connectivity index (χ0) is 35.6. The lowest BCUT2D eigenvalue weighted by Gasteiger charge is -2.37. The van der Waals surface area contributed by atoms with Gasteiger partial charge in [-0.2, -0.15) is 23.4 Å². The van der Waals surface area contributed by atoms with Crippen LogP contribution in [0, 0.1) is 17.8 Å². The lowest BCUT2D eigenvalue weighted by atomic mass is 9.81. The number of ether oxygens (including phenoxy) is 1. The maximum atomic E-state index is 14.2. The van der Waals surface area contributed by atoms with Crippen molar-refractivity contribution in [1.82, 2.24) is 39.9 Å². The first kappa shape index (κ1) is 35.9. The average Bonchev–Trinajstić information content (AvgIpc) is 3.74. The van der Waals surface area contributed by atoms with Gasteiger partial charge in [0.05, 0.1) is 41.8 Å². The predicted octanol–water partition coefficient (Wildman–Crippen LogP) is 3.87. The number of aryl methyl sites for hydroxylation is 1. The number of carbonyl (C=O) groups excluding carboxylic acids is 2. The Kier molecular flexibility index (Phi) is 10.6. The van der Waals surface area contributed by atoms with Crippen molar-refractivity contribution < 1.29 is 36.3 Å². The van der Waals surface area contributed by atoms with Crippen LogP contribution >= 0.6 is 0 Å². The summed E-state index contributed by atoms with van der Waals surface area (Å²) in [7, 11) is 1.65. The Bertz CT molecular complexity index is 1640. The fourth-order valence-corrected chi connectivity index (χ4v) is 7.35. The number of anilines is 1. The number of fused-ring (bicyclic) bond motifs is 1. The zero-order valence-electron chi connectivity index (χ0n) is 28.3. The van der Waals surface area contributed by atoms with E-state index >= 15 is 0 Å². The van der Waals surface area contributed by atoms with Crippen molar-refractivity contribution in [3.05, 3.63) is 41.6 Å². The Balaban J connectivity index is 1.34. The van der Waals surface area contributed by atoms with Crippen LogP contribution in [-0.4, -0.2) is 106 Å². The van der Waals surface area contributed by atoms with E-state index in [2.05, 4.69) is 25.5 Å². The fourth-order valence-electron chi connectivity index (χ4n) is 7.35. The lowest BCUT2D eigenvalue weighted by molar-refractivity contribution is -0.183. The number of halogens is 5. The van der Waals surface area contributed by atoms with Gasteiger partial charge in [-0.05, 0) is 38.2 Å². The summed E-state index contributed by atoms with van der Waals surface area (Å²) in [5.41, 5.74) is 2.33. The van der Waals surface area contributed by atoms with Crippen LogP contribution in [-0.2, 0) is 22.5 Å². The minimum Gasteiger partial charge on any atom is -0.383 e. The number of nitrogens with one attached hydrogen (secondary N) is 2. The topological polar surface area (TPSA) is 122 Å². The Morgan fingerprint density at radius 3 is 2.60 bits per heavy atom. The Labute approximate surface area is 286 Å². The third-order valence-electron chi connectivity index (χ3n) is 10.3. The van der Waals surface area contributed by atoms with Gasteiger partial charge in [-0.3, -0.25) is 19.2 Å². The first-order chi connectivity index (χ1) is 23.8. The smallest absolute Gasteiger partial charge is 0.383 e. The molecule has 1 aliphatic carbocycles. The van der Waals surface area contributed by atoms with E-state index in [1.807, 2.05) is 13.0 Å². The monoisotopic (exact) mass is 709 g/mol. The molecule has 3 fully saturated rings. The van der Waals surface area contributed by atoms with Gasteiger partial charge >= 0.3 is 6.18 Å². The van der Waals surface area contributed by atoms with Gasteiger partial charge < -0.3 is 20.3 Å². The number of carbonyl (C=O) groups is 2. The molecule has 17 heteroatoms. The van der Waals surface area contributed by atoms with Crippen LogP contribution in [0.2, 0.25) is 0 Å². The second kappa shape index (κ2) is 14.8. The predicted molar refractivity (Wildman–Crippen MR) is 173 cm³/mol. The normalized spacial score (nSPS) is 22.9. The van der Waals surface area contributed by atoms with Crippen molar-refractivity contribution in [3.63, 3.8) is 0 Å². The molecule has 2 aliphatic heterocycles. The molecule has 3 atom stereocenters. The van der Waals surface area contributed by atoms with Gasteiger partial charge in [0.2, 0.25) is 11.8 Å². The van der Waals surface area contributed by atoms with Crippen molar-refractivity contribution >= 4 is 23.1 Å². The minimum absolute atomic E-state index is 0.0139. The first-order valence-corrected chi connectivity index (χ1v) is 17.3. The van der Waals surface area contributed by atoms with E-state index in [9.17, 15) is 31.5 Å². The van der Waals surface area contributed by atoms with Gasteiger partial charge in [0.25, 0.3) is 5.91 Å². The number of piperazine rings is 1. The van der Waals surface area contributed by atoms with Crippen LogP contribution in [0.15, 0.2) is 24.5 Å². The highest BCUT2D eigenvalue weighted by molar-refractivity contribution is 5.92. The molecule has 50 heavy (non-hydrogen) atoms. The van der Waals surface area contributed by atoms with E-state index < -0.39 is 48.3 Å². The van der Waals surface area contributed by atoms with E-state index in [-0.39, 0.29) is 44.4 Å². The third-order valence-corrected chi connectivity index (χ3v) is 10.3. The van der Waals surface area contributed by atoms with E-state index in [4.69, 9.17) is 14.8 Å². The maximum absolute atomic E-state index is 14.2. The number of alkyl halides is 5. The Hall–Kier alpha value is -3.86. The SMILES string of the molecule is CCn1nccc1C(=O)NC(c1cn2nc(CC3CC(C(F)(F)F)CNC3=O)c(N3CCN(CCOC)CC3)cc2n1)C1CCC(F)(F)CC1. The van der Waals surface area contributed by atoms with Crippen molar-refractivity contribution in [2.45, 2.75) is 70.1 Å². The summed E-state index contributed by atoms with van der Waals surface area (Å²) in [6, 6.07) is 2.70. The van der Waals surface area contributed by atoms with Gasteiger partial charge in [-0.15, -0.1) is 0 Å². The summed E-state index contributed by atoms with van der Waals surface area (Å²) in [6.07, 6.45) is -1.91. The van der Waals surface area contributed by atoms with E-state index in [1.54, 1.807) is 24.1 Å². The fraction of sp³-hybridized carbons (Fsp3) is 0.667. The molecule has 0 bridgehead atoms.